The molecule has 1 atom stereocenters. The van der Waals surface area contributed by atoms with Crippen molar-refractivity contribution in [1.82, 2.24) is 10.2 Å². The Kier molecular flexibility index (Phi) is 5.15. The van der Waals surface area contributed by atoms with Crippen molar-refractivity contribution < 1.29 is 4.74 Å². The fraction of sp³-hybridized carbons (Fsp3) is 0.667. The SMILES string of the molecule is Cc1ccc(OCCN(CC2CCCCN2)C2CC2)cc1. The van der Waals surface area contributed by atoms with Crippen LogP contribution in [0.25, 0.3) is 0 Å². The fourth-order valence-electron chi connectivity index (χ4n) is 3.14. The van der Waals surface area contributed by atoms with E-state index in [1.807, 2.05) is 0 Å². The van der Waals surface area contributed by atoms with E-state index in [0.29, 0.717) is 6.04 Å². The van der Waals surface area contributed by atoms with Gasteiger partial charge in [0, 0.05) is 25.2 Å². The Bertz CT molecular complexity index is 421. The molecule has 3 nitrogen and oxygen atoms in total. The predicted octanol–water partition coefficient (Wildman–Crippen LogP) is 2.98. The lowest BCUT2D eigenvalue weighted by Crippen LogP contribution is -2.45. The Morgan fingerprint density at radius 2 is 1.95 bits per heavy atom. The predicted molar refractivity (Wildman–Crippen MR) is 86.9 cm³/mol. The molecule has 1 aromatic carbocycles. The third kappa shape index (κ3) is 4.72. The van der Waals surface area contributed by atoms with Gasteiger partial charge in [0.25, 0.3) is 0 Å². The highest BCUT2D eigenvalue weighted by molar-refractivity contribution is 5.26. The molecule has 116 valence electrons. The van der Waals surface area contributed by atoms with Gasteiger partial charge in [0.15, 0.2) is 0 Å². The minimum atomic E-state index is 0.693. The van der Waals surface area contributed by atoms with E-state index in [9.17, 15) is 0 Å². The molecule has 0 spiro atoms. The van der Waals surface area contributed by atoms with Crippen LogP contribution in [-0.4, -0.2) is 43.2 Å². The monoisotopic (exact) mass is 288 g/mol. The van der Waals surface area contributed by atoms with E-state index in [-0.39, 0.29) is 0 Å². The maximum Gasteiger partial charge on any atom is 0.119 e. The molecule has 0 amide bonds. The van der Waals surface area contributed by atoms with Crippen LogP contribution in [0.5, 0.6) is 5.75 Å². The standard InChI is InChI=1S/C18H28N2O/c1-15-5-9-18(10-6-15)21-13-12-20(17-7-8-17)14-16-4-2-3-11-19-16/h5-6,9-10,16-17,19H,2-4,7-8,11-14H2,1H3. The van der Waals surface area contributed by atoms with Crippen LogP contribution in [-0.2, 0) is 0 Å². The lowest BCUT2D eigenvalue weighted by Gasteiger charge is -2.30. The van der Waals surface area contributed by atoms with Crippen LogP contribution >= 0.6 is 0 Å². The van der Waals surface area contributed by atoms with E-state index in [0.717, 1.165) is 24.9 Å². The number of nitrogens with one attached hydrogen (secondary N) is 1. The van der Waals surface area contributed by atoms with Crippen molar-refractivity contribution in [2.24, 2.45) is 0 Å². The van der Waals surface area contributed by atoms with Gasteiger partial charge in [0.2, 0.25) is 0 Å². The van der Waals surface area contributed by atoms with E-state index >= 15 is 0 Å². The van der Waals surface area contributed by atoms with Gasteiger partial charge in [-0.25, -0.2) is 0 Å². The van der Waals surface area contributed by atoms with Gasteiger partial charge in [0.1, 0.15) is 12.4 Å². The lowest BCUT2D eigenvalue weighted by molar-refractivity contribution is 0.176. The largest absolute Gasteiger partial charge is 0.492 e. The molecule has 1 aliphatic carbocycles. The number of aryl methyl sites for hydroxylation is 1. The van der Waals surface area contributed by atoms with Gasteiger partial charge in [-0.2, -0.15) is 0 Å². The molecule has 0 aromatic heterocycles. The fourth-order valence-corrected chi connectivity index (χ4v) is 3.14. The summed E-state index contributed by atoms with van der Waals surface area (Å²) in [6.45, 7) is 6.35. The first-order valence-electron chi connectivity index (χ1n) is 8.48. The molecule has 1 aromatic rings. The minimum absolute atomic E-state index is 0.693. The summed E-state index contributed by atoms with van der Waals surface area (Å²) in [6.07, 6.45) is 6.81. The van der Waals surface area contributed by atoms with Crippen LogP contribution < -0.4 is 10.1 Å². The Hall–Kier alpha value is -1.06. The molecule has 1 aliphatic heterocycles. The van der Waals surface area contributed by atoms with E-state index in [1.54, 1.807) is 0 Å². The number of hydrogen-bond acceptors (Lipinski definition) is 3. The highest BCUT2D eigenvalue weighted by Crippen LogP contribution is 2.27. The maximum atomic E-state index is 5.90. The normalized spacial score (nSPS) is 22.5. The van der Waals surface area contributed by atoms with Crippen LogP contribution in [0.4, 0.5) is 0 Å². The van der Waals surface area contributed by atoms with Gasteiger partial charge >= 0.3 is 0 Å². The molecule has 0 radical (unpaired) electrons. The van der Waals surface area contributed by atoms with Crippen molar-refractivity contribution in [3.05, 3.63) is 29.8 Å². The Labute approximate surface area is 128 Å². The number of piperidine rings is 1. The average Bonchev–Trinajstić information content (AvgIpc) is 3.34. The molecular formula is C18H28N2O. The molecule has 1 saturated carbocycles. The number of rotatable bonds is 7. The second-order valence-corrected chi connectivity index (χ2v) is 6.53. The highest BCUT2D eigenvalue weighted by atomic mass is 16.5. The zero-order valence-corrected chi connectivity index (χ0v) is 13.2. The van der Waals surface area contributed by atoms with Crippen molar-refractivity contribution in [3.8, 4) is 5.75 Å². The average molecular weight is 288 g/mol. The molecule has 1 unspecified atom stereocenters. The summed E-state index contributed by atoms with van der Waals surface area (Å²) in [5.74, 6) is 0.993. The first-order chi connectivity index (χ1) is 10.3. The molecule has 2 aliphatic rings. The maximum absolute atomic E-state index is 5.90. The topological polar surface area (TPSA) is 24.5 Å². The minimum Gasteiger partial charge on any atom is -0.492 e. The number of benzene rings is 1. The van der Waals surface area contributed by atoms with Crippen molar-refractivity contribution in [3.63, 3.8) is 0 Å². The van der Waals surface area contributed by atoms with E-state index < -0.39 is 0 Å². The van der Waals surface area contributed by atoms with Crippen molar-refractivity contribution >= 4 is 0 Å². The Morgan fingerprint density at radius 1 is 1.14 bits per heavy atom. The van der Waals surface area contributed by atoms with E-state index in [4.69, 9.17) is 4.74 Å². The van der Waals surface area contributed by atoms with Crippen LogP contribution in [0.3, 0.4) is 0 Å². The number of ether oxygens (including phenoxy) is 1. The molecule has 1 heterocycles. The summed E-state index contributed by atoms with van der Waals surface area (Å²) < 4.78 is 5.90. The molecule has 3 heteroatoms. The molecule has 3 rings (SSSR count). The van der Waals surface area contributed by atoms with E-state index in [1.165, 1.54) is 50.8 Å². The summed E-state index contributed by atoms with van der Waals surface area (Å²) in [5.41, 5.74) is 1.28. The van der Waals surface area contributed by atoms with Crippen LogP contribution in [0.1, 0.15) is 37.7 Å². The Morgan fingerprint density at radius 3 is 2.62 bits per heavy atom. The van der Waals surface area contributed by atoms with Crippen molar-refractivity contribution in [2.45, 2.75) is 51.1 Å². The molecular weight excluding hydrogens is 260 g/mol. The van der Waals surface area contributed by atoms with Gasteiger partial charge < -0.3 is 10.1 Å². The van der Waals surface area contributed by atoms with Crippen molar-refractivity contribution in [1.29, 1.82) is 0 Å². The van der Waals surface area contributed by atoms with Crippen LogP contribution in [0.15, 0.2) is 24.3 Å². The second-order valence-electron chi connectivity index (χ2n) is 6.53. The third-order valence-corrected chi connectivity index (χ3v) is 4.60. The molecule has 21 heavy (non-hydrogen) atoms. The molecule has 1 saturated heterocycles. The first kappa shape index (κ1) is 14.9. The molecule has 1 N–H and O–H groups in total. The van der Waals surface area contributed by atoms with Crippen LogP contribution in [0.2, 0.25) is 0 Å². The van der Waals surface area contributed by atoms with Crippen molar-refractivity contribution in [2.75, 3.05) is 26.2 Å². The van der Waals surface area contributed by atoms with Gasteiger partial charge in [0.05, 0.1) is 0 Å². The van der Waals surface area contributed by atoms with Crippen LogP contribution in [0, 0.1) is 6.92 Å². The zero-order valence-electron chi connectivity index (χ0n) is 13.2. The van der Waals surface area contributed by atoms with E-state index in [2.05, 4.69) is 41.4 Å². The Balaban J connectivity index is 1.43. The number of hydrogen-bond donors (Lipinski definition) is 1. The smallest absolute Gasteiger partial charge is 0.119 e. The first-order valence-corrected chi connectivity index (χ1v) is 8.48. The molecule has 2 fully saturated rings. The number of nitrogens with zero attached hydrogens (tertiary/aromatic N) is 1. The third-order valence-electron chi connectivity index (χ3n) is 4.60. The summed E-state index contributed by atoms with van der Waals surface area (Å²) in [6, 6.07) is 9.87. The summed E-state index contributed by atoms with van der Waals surface area (Å²) in [4.78, 5) is 2.64. The quantitative estimate of drug-likeness (QED) is 0.835. The summed E-state index contributed by atoms with van der Waals surface area (Å²) in [5, 5.41) is 3.66. The summed E-state index contributed by atoms with van der Waals surface area (Å²) in [7, 11) is 0. The molecule has 0 bridgehead atoms. The van der Waals surface area contributed by atoms with Gasteiger partial charge in [-0.15, -0.1) is 0 Å². The zero-order chi connectivity index (χ0) is 14.5. The highest BCUT2D eigenvalue weighted by Gasteiger charge is 2.30. The van der Waals surface area contributed by atoms with Gasteiger partial charge in [-0.3, -0.25) is 4.90 Å². The second kappa shape index (κ2) is 7.28. The lowest BCUT2D eigenvalue weighted by atomic mass is 10.0. The van der Waals surface area contributed by atoms with Gasteiger partial charge in [-0.1, -0.05) is 24.1 Å². The van der Waals surface area contributed by atoms with Gasteiger partial charge in [-0.05, 0) is 51.3 Å². The summed E-state index contributed by atoms with van der Waals surface area (Å²) >= 11 is 0.